The second-order valence-electron chi connectivity index (χ2n) is 2.68. The largest absolute Gasteiger partial charge is 0.475 e. The zero-order chi connectivity index (χ0) is 11.6. The van der Waals surface area contributed by atoms with E-state index in [0.29, 0.717) is 4.68 Å². The van der Waals surface area contributed by atoms with Crippen molar-refractivity contribution in [3.63, 3.8) is 0 Å². The van der Waals surface area contributed by atoms with E-state index in [2.05, 4.69) is 15.4 Å². The van der Waals surface area contributed by atoms with Crippen molar-refractivity contribution < 1.29 is 19.5 Å². The molecule has 0 saturated heterocycles. The topological polar surface area (TPSA) is 114 Å². The Morgan fingerprint density at radius 2 is 1.93 bits per heavy atom. The van der Waals surface area contributed by atoms with Crippen molar-refractivity contribution in [3.05, 3.63) is 5.82 Å². The van der Waals surface area contributed by atoms with E-state index in [1.807, 2.05) is 0 Å². The summed E-state index contributed by atoms with van der Waals surface area (Å²) in [6.07, 6.45) is 0. The molecule has 1 aromatic rings. The number of carboxylic acid groups (broad SMARTS) is 1. The Balaban J connectivity index is 3.17. The van der Waals surface area contributed by atoms with Crippen molar-refractivity contribution in [1.29, 1.82) is 0 Å². The summed E-state index contributed by atoms with van der Waals surface area (Å²) < 4.78 is 0.713. The number of hydrogen-bond donors (Lipinski definition) is 2. The first kappa shape index (κ1) is 10.8. The van der Waals surface area contributed by atoms with Crippen LogP contribution < -0.4 is 5.32 Å². The average Bonchev–Trinajstić information content (AvgIpc) is 2.46. The SMILES string of the molecule is CC(=O)Nc1nc(C(=O)O)nn1C(C)=O. The summed E-state index contributed by atoms with van der Waals surface area (Å²) in [7, 11) is 0. The first-order chi connectivity index (χ1) is 6.91. The molecule has 15 heavy (non-hydrogen) atoms. The van der Waals surface area contributed by atoms with Crippen LogP contribution in [-0.4, -0.2) is 37.7 Å². The van der Waals surface area contributed by atoms with E-state index in [-0.39, 0.29) is 5.95 Å². The molecule has 0 radical (unpaired) electrons. The summed E-state index contributed by atoms with van der Waals surface area (Å²) in [6, 6.07) is 0. The second kappa shape index (κ2) is 3.86. The number of carboxylic acids is 1. The summed E-state index contributed by atoms with van der Waals surface area (Å²) in [5, 5.41) is 14.2. The number of nitrogens with one attached hydrogen (secondary N) is 1. The molecule has 8 nitrogen and oxygen atoms in total. The van der Waals surface area contributed by atoms with Gasteiger partial charge in [-0.05, 0) is 0 Å². The Kier molecular flexibility index (Phi) is 2.79. The molecule has 1 amide bonds. The van der Waals surface area contributed by atoms with Gasteiger partial charge < -0.3 is 5.11 Å². The lowest BCUT2D eigenvalue weighted by atomic mass is 10.6. The summed E-state index contributed by atoms with van der Waals surface area (Å²) in [5.74, 6) is -3.14. The molecule has 1 heterocycles. The molecule has 2 N–H and O–H groups in total. The number of anilines is 1. The smallest absolute Gasteiger partial charge is 0.375 e. The summed E-state index contributed by atoms with van der Waals surface area (Å²) >= 11 is 0. The lowest BCUT2D eigenvalue weighted by Gasteiger charge is -1.99. The van der Waals surface area contributed by atoms with Gasteiger partial charge in [0.05, 0.1) is 0 Å². The summed E-state index contributed by atoms with van der Waals surface area (Å²) in [5.41, 5.74) is 0. The third-order valence-corrected chi connectivity index (χ3v) is 1.38. The maximum absolute atomic E-state index is 11.0. The molecule has 0 atom stereocenters. The van der Waals surface area contributed by atoms with Crippen LogP contribution in [0.2, 0.25) is 0 Å². The van der Waals surface area contributed by atoms with Crippen LogP contribution in [0.5, 0.6) is 0 Å². The van der Waals surface area contributed by atoms with E-state index in [1.54, 1.807) is 0 Å². The van der Waals surface area contributed by atoms with Gasteiger partial charge in [0.1, 0.15) is 0 Å². The molecule has 80 valence electrons. The number of rotatable bonds is 2. The van der Waals surface area contributed by atoms with Crippen LogP contribution in [0, 0.1) is 0 Å². The zero-order valence-electron chi connectivity index (χ0n) is 8.01. The molecule has 0 aliphatic heterocycles. The Morgan fingerprint density at radius 1 is 1.33 bits per heavy atom. The molecular formula is C7H8N4O4. The Bertz CT molecular complexity index is 436. The highest BCUT2D eigenvalue weighted by Crippen LogP contribution is 2.04. The number of carbonyl (C=O) groups is 3. The predicted molar refractivity (Wildman–Crippen MR) is 47.6 cm³/mol. The fourth-order valence-electron chi connectivity index (χ4n) is 0.861. The molecule has 0 saturated carbocycles. The lowest BCUT2D eigenvalue weighted by Crippen LogP contribution is -2.16. The minimum atomic E-state index is -1.37. The second-order valence-corrected chi connectivity index (χ2v) is 2.68. The number of aromatic carboxylic acids is 1. The van der Waals surface area contributed by atoms with Crippen LogP contribution in [0.3, 0.4) is 0 Å². The summed E-state index contributed by atoms with van der Waals surface area (Å²) in [4.78, 5) is 35.7. The van der Waals surface area contributed by atoms with E-state index >= 15 is 0 Å². The normalized spacial score (nSPS) is 9.73. The first-order valence-corrected chi connectivity index (χ1v) is 3.90. The maximum atomic E-state index is 11.0. The molecule has 0 spiro atoms. The first-order valence-electron chi connectivity index (χ1n) is 3.90. The Hall–Kier alpha value is -2.25. The molecule has 0 aliphatic rings. The number of carbonyl (C=O) groups excluding carboxylic acids is 2. The molecular weight excluding hydrogens is 204 g/mol. The van der Waals surface area contributed by atoms with E-state index in [0.717, 1.165) is 0 Å². The number of hydrogen-bond acceptors (Lipinski definition) is 5. The van der Waals surface area contributed by atoms with Crippen molar-refractivity contribution in [1.82, 2.24) is 14.8 Å². The molecule has 0 bridgehead atoms. The van der Waals surface area contributed by atoms with Crippen LogP contribution in [0.4, 0.5) is 5.95 Å². The number of nitrogens with zero attached hydrogens (tertiary/aromatic N) is 3. The minimum absolute atomic E-state index is 0.201. The molecule has 1 rings (SSSR count). The highest BCUT2D eigenvalue weighted by Gasteiger charge is 2.18. The van der Waals surface area contributed by atoms with Crippen molar-refractivity contribution in [3.8, 4) is 0 Å². The molecule has 0 fully saturated rings. The fourth-order valence-corrected chi connectivity index (χ4v) is 0.861. The fraction of sp³-hybridized carbons (Fsp3) is 0.286. The lowest BCUT2D eigenvalue weighted by molar-refractivity contribution is -0.114. The minimum Gasteiger partial charge on any atom is -0.475 e. The van der Waals surface area contributed by atoms with Gasteiger partial charge in [-0.25, -0.2) is 4.79 Å². The van der Waals surface area contributed by atoms with Crippen LogP contribution in [0.1, 0.15) is 29.3 Å². The van der Waals surface area contributed by atoms with Crippen molar-refractivity contribution in [2.24, 2.45) is 0 Å². The van der Waals surface area contributed by atoms with E-state index < -0.39 is 23.6 Å². The van der Waals surface area contributed by atoms with Gasteiger partial charge in [-0.15, -0.1) is 5.10 Å². The van der Waals surface area contributed by atoms with E-state index in [4.69, 9.17) is 5.11 Å². The van der Waals surface area contributed by atoms with Gasteiger partial charge in [0.25, 0.3) is 5.82 Å². The quantitative estimate of drug-likeness (QED) is 0.689. The number of amides is 1. The predicted octanol–water partition coefficient (Wildman–Crippen LogP) is -0.405. The van der Waals surface area contributed by atoms with Crippen molar-refractivity contribution >= 4 is 23.7 Å². The van der Waals surface area contributed by atoms with Crippen LogP contribution in [0.15, 0.2) is 0 Å². The van der Waals surface area contributed by atoms with Crippen LogP contribution >= 0.6 is 0 Å². The Labute approximate surface area is 83.9 Å². The van der Waals surface area contributed by atoms with Crippen LogP contribution in [0.25, 0.3) is 0 Å². The third-order valence-electron chi connectivity index (χ3n) is 1.38. The molecule has 1 aromatic heterocycles. The third kappa shape index (κ3) is 2.36. The van der Waals surface area contributed by atoms with Gasteiger partial charge >= 0.3 is 5.97 Å². The zero-order valence-corrected chi connectivity index (χ0v) is 8.01. The van der Waals surface area contributed by atoms with E-state index in [9.17, 15) is 14.4 Å². The van der Waals surface area contributed by atoms with Gasteiger partial charge in [-0.3, -0.25) is 14.9 Å². The van der Waals surface area contributed by atoms with Gasteiger partial charge in [-0.2, -0.15) is 9.67 Å². The van der Waals surface area contributed by atoms with E-state index in [1.165, 1.54) is 13.8 Å². The van der Waals surface area contributed by atoms with Crippen LogP contribution in [-0.2, 0) is 4.79 Å². The summed E-state index contributed by atoms with van der Waals surface area (Å²) in [6.45, 7) is 2.38. The van der Waals surface area contributed by atoms with Crippen molar-refractivity contribution in [2.75, 3.05) is 5.32 Å². The molecule has 0 aromatic carbocycles. The van der Waals surface area contributed by atoms with Gasteiger partial charge in [0.15, 0.2) is 0 Å². The van der Waals surface area contributed by atoms with Gasteiger partial charge in [0, 0.05) is 13.8 Å². The molecule has 8 heteroatoms. The highest BCUT2D eigenvalue weighted by molar-refractivity contribution is 5.91. The van der Waals surface area contributed by atoms with Crippen molar-refractivity contribution in [2.45, 2.75) is 13.8 Å². The molecule has 0 aliphatic carbocycles. The maximum Gasteiger partial charge on any atom is 0.375 e. The Morgan fingerprint density at radius 3 is 2.33 bits per heavy atom. The average molecular weight is 212 g/mol. The monoisotopic (exact) mass is 212 g/mol. The van der Waals surface area contributed by atoms with Gasteiger partial charge in [0.2, 0.25) is 17.8 Å². The number of aromatic nitrogens is 3. The highest BCUT2D eigenvalue weighted by atomic mass is 16.4. The van der Waals surface area contributed by atoms with Gasteiger partial charge in [-0.1, -0.05) is 0 Å². The molecule has 0 unspecified atom stereocenters. The standard InChI is InChI=1S/C7H8N4O4/c1-3(12)8-7-9-5(6(14)15)10-11(7)4(2)13/h1-2H3,(H,14,15)(H,8,9,10,12).